The van der Waals surface area contributed by atoms with Crippen molar-refractivity contribution < 1.29 is 4.79 Å². The molecule has 1 amide bonds. The van der Waals surface area contributed by atoms with Gasteiger partial charge in [0.1, 0.15) is 5.69 Å². The predicted molar refractivity (Wildman–Crippen MR) is 62.3 cm³/mol. The van der Waals surface area contributed by atoms with Crippen LogP contribution < -0.4 is 0 Å². The van der Waals surface area contributed by atoms with E-state index in [1.165, 1.54) is 0 Å². The topological polar surface area (TPSA) is 33.2 Å². The molecule has 0 radical (unpaired) electrons. The molecule has 0 aromatic carbocycles. The summed E-state index contributed by atoms with van der Waals surface area (Å²) in [5.74, 6) is 2.30. The Balaban J connectivity index is 2.94. The lowest BCUT2D eigenvalue weighted by atomic mass is 10.3. The van der Waals surface area contributed by atoms with E-state index in [9.17, 15) is 4.79 Å². The number of hydrogen-bond acceptors (Lipinski definition) is 2. The van der Waals surface area contributed by atoms with Gasteiger partial charge in [-0.25, -0.2) is 4.98 Å². The Morgan fingerprint density at radius 2 is 2.47 bits per heavy atom. The Hall–Kier alpha value is -1.34. The molecule has 0 saturated carbocycles. The van der Waals surface area contributed by atoms with E-state index < -0.39 is 0 Å². The molecule has 0 aliphatic carbocycles. The van der Waals surface area contributed by atoms with E-state index in [0.717, 1.165) is 0 Å². The lowest BCUT2D eigenvalue weighted by Crippen LogP contribution is -2.32. The first-order chi connectivity index (χ1) is 7.20. The van der Waals surface area contributed by atoms with Crippen LogP contribution in [0.4, 0.5) is 0 Å². The van der Waals surface area contributed by atoms with Gasteiger partial charge in [-0.3, -0.25) is 4.79 Å². The number of aromatic nitrogens is 1. The van der Waals surface area contributed by atoms with E-state index in [1.54, 1.807) is 23.2 Å². The van der Waals surface area contributed by atoms with Gasteiger partial charge in [-0.15, -0.1) is 6.42 Å². The lowest BCUT2D eigenvalue weighted by Gasteiger charge is -2.17. The van der Waals surface area contributed by atoms with Crippen LogP contribution in [0.25, 0.3) is 0 Å². The average Bonchev–Trinajstić information content (AvgIpc) is 2.25. The molecule has 0 atom stereocenters. The van der Waals surface area contributed by atoms with E-state index >= 15 is 0 Å². The fraction of sp³-hybridized carbons (Fsp3) is 0.273. The Labute approximate surface area is 97.6 Å². The van der Waals surface area contributed by atoms with Gasteiger partial charge < -0.3 is 4.90 Å². The Morgan fingerprint density at radius 3 is 3.00 bits per heavy atom. The number of amides is 1. The second-order valence-corrected chi connectivity index (χ2v) is 3.71. The monoisotopic (exact) mass is 266 g/mol. The zero-order chi connectivity index (χ0) is 11.3. The van der Waals surface area contributed by atoms with Crippen molar-refractivity contribution in [2.24, 2.45) is 0 Å². The van der Waals surface area contributed by atoms with Crippen LogP contribution >= 0.6 is 15.9 Å². The van der Waals surface area contributed by atoms with Gasteiger partial charge in [-0.2, -0.15) is 0 Å². The van der Waals surface area contributed by atoms with Crippen molar-refractivity contribution in [1.29, 1.82) is 0 Å². The van der Waals surface area contributed by atoms with Gasteiger partial charge in [0.2, 0.25) is 0 Å². The molecule has 0 spiro atoms. The minimum Gasteiger partial charge on any atom is -0.326 e. The third-order valence-corrected chi connectivity index (χ3v) is 2.55. The highest BCUT2D eigenvalue weighted by Gasteiger charge is 2.16. The highest BCUT2D eigenvalue weighted by atomic mass is 79.9. The quantitative estimate of drug-likeness (QED) is 0.784. The van der Waals surface area contributed by atoms with Crippen molar-refractivity contribution in [2.75, 3.05) is 13.1 Å². The van der Waals surface area contributed by atoms with Gasteiger partial charge in [0.25, 0.3) is 5.91 Å². The fourth-order valence-corrected chi connectivity index (χ4v) is 1.55. The molecule has 1 heterocycles. The van der Waals surface area contributed by atoms with E-state index in [-0.39, 0.29) is 5.91 Å². The number of carbonyl (C=O) groups excluding carboxylic acids is 1. The number of terminal acetylenes is 1. The van der Waals surface area contributed by atoms with E-state index in [0.29, 0.717) is 23.3 Å². The first kappa shape index (κ1) is 11.7. The molecule has 0 N–H and O–H groups in total. The van der Waals surface area contributed by atoms with Crippen LogP contribution in [0.2, 0.25) is 0 Å². The van der Waals surface area contributed by atoms with Gasteiger partial charge in [0.15, 0.2) is 0 Å². The summed E-state index contributed by atoms with van der Waals surface area (Å²) in [6.45, 7) is 2.76. The SMILES string of the molecule is C#CCN(CC)C(=O)c1ncccc1Br. The number of nitrogens with zero attached hydrogens (tertiary/aromatic N) is 2. The minimum atomic E-state index is -0.150. The van der Waals surface area contributed by atoms with Crippen molar-refractivity contribution in [1.82, 2.24) is 9.88 Å². The average molecular weight is 267 g/mol. The highest BCUT2D eigenvalue weighted by Crippen LogP contribution is 2.15. The Morgan fingerprint density at radius 1 is 1.73 bits per heavy atom. The van der Waals surface area contributed by atoms with Gasteiger partial charge in [0.05, 0.1) is 6.54 Å². The molecule has 0 unspecified atom stereocenters. The lowest BCUT2D eigenvalue weighted by molar-refractivity contribution is 0.0778. The number of hydrogen-bond donors (Lipinski definition) is 0. The number of pyridine rings is 1. The number of halogens is 1. The van der Waals surface area contributed by atoms with Crippen LogP contribution in [-0.4, -0.2) is 28.9 Å². The Bertz CT molecular complexity index is 398. The maximum absolute atomic E-state index is 11.9. The van der Waals surface area contributed by atoms with Crippen molar-refractivity contribution in [3.8, 4) is 12.3 Å². The van der Waals surface area contributed by atoms with E-state index in [1.807, 2.05) is 6.92 Å². The van der Waals surface area contributed by atoms with Crippen LogP contribution in [0.3, 0.4) is 0 Å². The summed E-state index contributed by atoms with van der Waals surface area (Å²) >= 11 is 3.28. The van der Waals surface area contributed by atoms with E-state index in [2.05, 4.69) is 26.8 Å². The molecule has 0 aliphatic rings. The normalized spacial score (nSPS) is 9.40. The first-order valence-corrected chi connectivity index (χ1v) is 5.33. The third-order valence-electron chi connectivity index (χ3n) is 1.91. The van der Waals surface area contributed by atoms with Gasteiger partial charge in [-0.05, 0) is 35.0 Å². The zero-order valence-corrected chi connectivity index (χ0v) is 9.99. The molecule has 15 heavy (non-hydrogen) atoms. The summed E-state index contributed by atoms with van der Waals surface area (Å²) in [4.78, 5) is 17.5. The fourth-order valence-electron chi connectivity index (χ4n) is 1.13. The largest absolute Gasteiger partial charge is 0.326 e. The zero-order valence-electron chi connectivity index (χ0n) is 8.40. The minimum absolute atomic E-state index is 0.150. The summed E-state index contributed by atoms with van der Waals surface area (Å²) in [6, 6.07) is 3.54. The third kappa shape index (κ3) is 2.80. The van der Waals surface area contributed by atoms with Gasteiger partial charge in [-0.1, -0.05) is 5.92 Å². The van der Waals surface area contributed by atoms with Crippen molar-refractivity contribution in [3.63, 3.8) is 0 Å². The second-order valence-electron chi connectivity index (χ2n) is 2.86. The van der Waals surface area contributed by atoms with E-state index in [4.69, 9.17) is 6.42 Å². The molecule has 1 aromatic rings. The number of carbonyl (C=O) groups is 1. The molecule has 0 aliphatic heterocycles. The van der Waals surface area contributed by atoms with Crippen LogP contribution in [0.1, 0.15) is 17.4 Å². The van der Waals surface area contributed by atoms with Crippen molar-refractivity contribution in [2.45, 2.75) is 6.92 Å². The summed E-state index contributed by atoms with van der Waals surface area (Å²) < 4.78 is 0.686. The van der Waals surface area contributed by atoms with Crippen molar-refractivity contribution >= 4 is 21.8 Å². The highest BCUT2D eigenvalue weighted by molar-refractivity contribution is 9.10. The molecule has 0 fully saturated rings. The molecular weight excluding hydrogens is 256 g/mol. The van der Waals surface area contributed by atoms with Crippen LogP contribution in [0.15, 0.2) is 22.8 Å². The van der Waals surface area contributed by atoms with Gasteiger partial charge in [0, 0.05) is 17.2 Å². The molecule has 1 aromatic heterocycles. The smallest absolute Gasteiger partial charge is 0.274 e. The number of rotatable bonds is 3. The molecule has 0 saturated heterocycles. The molecule has 78 valence electrons. The molecule has 1 rings (SSSR count). The summed E-state index contributed by atoms with van der Waals surface area (Å²) in [5, 5.41) is 0. The molecule has 0 bridgehead atoms. The standard InChI is InChI=1S/C11H11BrN2O/c1-3-8-14(4-2)11(15)10-9(12)6-5-7-13-10/h1,5-7H,4,8H2,2H3. The first-order valence-electron chi connectivity index (χ1n) is 4.54. The predicted octanol–water partition coefficient (Wildman–Crippen LogP) is 1.94. The maximum atomic E-state index is 11.9. The molecular formula is C11H11BrN2O. The van der Waals surface area contributed by atoms with Crippen LogP contribution in [-0.2, 0) is 0 Å². The van der Waals surface area contributed by atoms with Crippen LogP contribution in [0, 0.1) is 12.3 Å². The maximum Gasteiger partial charge on any atom is 0.274 e. The second kappa shape index (κ2) is 5.52. The summed E-state index contributed by atoms with van der Waals surface area (Å²) in [6.07, 6.45) is 6.77. The Kier molecular flexibility index (Phi) is 4.32. The summed E-state index contributed by atoms with van der Waals surface area (Å²) in [5.41, 5.74) is 0.398. The molecule has 4 heteroatoms. The van der Waals surface area contributed by atoms with Crippen molar-refractivity contribution in [3.05, 3.63) is 28.5 Å². The van der Waals surface area contributed by atoms with Crippen LogP contribution in [0.5, 0.6) is 0 Å². The molecule has 3 nitrogen and oxygen atoms in total. The summed E-state index contributed by atoms with van der Waals surface area (Å²) in [7, 11) is 0. The van der Waals surface area contributed by atoms with Gasteiger partial charge >= 0.3 is 0 Å².